The molecule has 0 aliphatic carbocycles. The number of hydrogen-bond donors (Lipinski definition) is 1. The molecule has 2 saturated heterocycles. The molecule has 18 heavy (non-hydrogen) atoms. The number of benzene rings is 1. The van der Waals surface area contributed by atoms with Crippen LogP contribution in [-0.2, 0) is 4.79 Å². The highest BCUT2D eigenvalue weighted by Gasteiger charge is 2.51. The van der Waals surface area contributed by atoms with Gasteiger partial charge in [0.25, 0.3) is 0 Å². The Bertz CT molecular complexity index is 437. The van der Waals surface area contributed by atoms with E-state index in [4.69, 9.17) is 0 Å². The maximum atomic E-state index is 12.5. The summed E-state index contributed by atoms with van der Waals surface area (Å²) in [6.45, 7) is 2.97. The maximum Gasteiger partial charge on any atom is 0.230 e. The molecule has 3 rings (SSSR count). The highest BCUT2D eigenvalue weighted by atomic mass is 16.2. The lowest BCUT2D eigenvalue weighted by molar-refractivity contribution is -0.128. The van der Waals surface area contributed by atoms with Crippen LogP contribution in [-0.4, -0.2) is 37.5 Å². The van der Waals surface area contributed by atoms with E-state index < -0.39 is 0 Å². The Labute approximate surface area is 108 Å². The van der Waals surface area contributed by atoms with Crippen LogP contribution in [0.4, 0.5) is 0 Å². The number of piperidine rings is 1. The number of carbonyl (C=O) groups is 1. The van der Waals surface area contributed by atoms with Crippen molar-refractivity contribution >= 4 is 5.91 Å². The van der Waals surface area contributed by atoms with Gasteiger partial charge in [0.15, 0.2) is 0 Å². The van der Waals surface area contributed by atoms with Gasteiger partial charge in [0.2, 0.25) is 5.91 Å². The zero-order valence-electron chi connectivity index (χ0n) is 10.9. The van der Waals surface area contributed by atoms with Crippen molar-refractivity contribution in [1.82, 2.24) is 10.2 Å². The molecule has 2 aliphatic heterocycles. The Morgan fingerprint density at radius 1 is 1.22 bits per heavy atom. The number of hydrogen-bond acceptors (Lipinski definition) is 2. The molecule has 0 aromatic heterocycles. The number of nitrogens with one attached hydrogen (secondary N) is 1. The molecule has 0 saturated carbocycles. The second kappa shape index (κ2) is 4.39. The topological polar surface area (TPSA) is 32.3 Å². The molecule has 1 N–H and O–H groups in total. The van der Waals surface area contributed by atoms with Crippen LogP contribution in [0.25, 0.3) is 0 Å². The van der Waals surface area contributed by atoms with Crippen LogP contribution in [0.15, 0.2) is 30.3 Å². The second-order valence-electron chi connectivity index (χ2n) is 5.65. The fraction of sp³-hybridized carbons (Fsp3) is 0.533. The molecule has 96 valence electrons. The van der Waals surface area contributed by atoms with E-state index in [-0.39, 0.29) is 11.3 Å². The van der Waals surface area contributed by atoms with E-state index in [0.29, 0.717) is 5.91 Å². The van der Waals surface area contributed by atoms with Crippen molar-refractivity contribution in [2.45, 2.75) is 18.8 Å². The molecule has 2 heterocycles. The Morgan fingerprint density at radius 3 is 2.56 bits per heavy atom. The number of likely N-dealkylation sites (tertiary alicyclic amines) is 1. The normalized spacial score (nSPS) is 26.8. The molecule has 0 unspecified atom stereocenters. The molecule has 2 fully saturated rings. The first-order valence-corrected chi connectivity index (χ1v) is 6.74. The SMILES string of the molecule is CN1CC2(CCNCC2)[C@H](c2ccccc2)C1=O. The van der Waals surface area contributed by atoms with E-state index in [9.17, 15) is 4.79 Å². The Morgan fingerprint density at radius 2 is 1.89 bits per heavy atom. The van der Waals surface area contributed by atoms with Gasteiger partial charge in [-0.3, -0.25) is 4.79 Å². The van der Waals surface area contributed by atoms with Crippen molar-refractivity contribution in [1.29, 1.82) is 0 Å². The van der Waals surface area contributed by atoms with Crippen molar-refractivity contribution in [3.8, 4) is 0 Å². The standard InChI is InChI=1S/C15H20N2O/c1-17-11-15(7-9-16-10-8-15)13(14(17)18)12-5-3-2-4-6-12/h2-6,13,16H,7-11H2,1H3/t13-/m1/s1. The van der Waals surface area contributed by atoms with Gasteiger partial charge in [-0.15, -0.1) is 0 Å². The van der Waals surface area contributed by atoms with Gasteiger partial charge in [0.05, 0.1) is 5.92 Å². The lowest BCUT2D eigenvalue weighted by Crippen LogP contribution is -2.41. The van der Waals surface area contributed by atoms with Crippen molar-refractivity contribution in [2.75, 3.05) is 26.7 Å². The van der Waals surface area contributed by atoms with Crippen molar-refractivity contribution < 1.29 is 4.79 Å². The molecule has 1 aromatic carbocycles. The van der Waals surface area contributed by atoms with Crippen LogP contribution >= 0.6 is 0 Å². The van der Waals surface area contributed by atoms with Crippen LogP contribution in [0.5, 0.6) is 0 Å². The Kier molecular flexibility index (Phi) is 2.86. The summed E-state index contributed by atoms with van der Waals surface area (Å²) in [5.74, 6) is 0.355. The third kappa shape index (κ3) is 1.74. The number of likely N-dealkylation sites (N-methyl/N-ethyl adjacent to an activating group) is 1. The number of amides is 1. The first-order valence-electron chi connectivity index (χ1n) is 6.74. The summed E-state index contributed by atoms with van der Waals surface area (Å²) in [5.41, 5.74) is 1.34. The number of nitrogens with zero attached hydrogens (tertiary/aromatic N) is 1. The molecule has 3 nitrogen and oxygen atoms in total. The van der Waals surface area contributed by atoms with Gasteiger partial charge in [-0.05, 0) is 31.5 Å². The van der Waals surface area contributed by atoms with E-state index in [2.05, 4.69) is 17.4 Å². The third-order valence-corrected chi connectivity index (χ3v) is 4.52. The van der Waals surface area contributed by atoms with E-state index in [1.54, 1.807) is 0 Å². The summed E-state index contributed by atoms with van der Waals surface area (Å²) < 4.78 is 0. The van der Waals surface area contributed by atoms with Gasteiger partial charge in [-0.2, -0.15) is 0 Å². The summed E-state index contributed by atoms with van der Waals surface area (Å²) in [6, 6.07) is 10.3. The third-order valence-electron chi connectivity index (χ3n) is 4.52. The largest absolute Gasteiger partial charge is 0.345 e. The first-order chi connectivity index (χ1) is 8.73. The summed E-state index contributed by atoms with van der Waals surface area (Å²) in [5, 5.41) is 3.41. The number of carbonyl (C=O) groups excluding carboxylic acids is 1. The minimum atomic E-state index is 0.0609. The molecular formula is C15H20N2O. The second-order valence-corrected chi connectivity index (χ2v) is 5.65. The molecule has 2 aliphatic rings. The lowest BCUT2D eigenvalue weighted by atomic mass is 9.68. The fourth-order valence-corrected chi connectivity index (χ4v) is 3.64. The molecule has 1 amide bonds. The fourth-order valence-electron chi connectivity index (χ4n) is 3.64. The smallest absolute Gasteiger partial charge is 0.230 e. The van der Waals surface area contributed by atoms with Crippen LogP contribution in [0, 0.1) is 5.41 Å². The van der Waals surface area contributed by atoms with Gasteiger partial charge in [0.1, 0.15) is 0 Å². The van der Waals surface area contributed by atoms with Gasteiger partial charge in [-0.1, -0.05) is 30.3 Å². The molecule has 1 atom stereocenters. The Hall–Kier alpha value is -1.35. The Balaban J connectivity index is 2.00. The quantitative estimate of drug-likeness (QED) is 0.814. The minimum Gasteiger partial charge on any atom is -0.345 e. The van der Waals surface area contributed by atoms with Gasteiger partial charge in [-0.25, -0.2) is 0 Å². The molecule has 1 aromatic rings. The monoisotopic (exact) mass is 244 g/mol. The average molecular weight is 244 g/mol. The van der Waals surface area contributed by atoms with Gasteiger partial charge in [0, 0.05) is 19.0 Å². The molecule has 0 bridgehead atoms. The molecule has 3 heteroatoms. The lowest BCUT2D eigenvalue weighted by Gasteiger charge is -2.37. The van der Waals surface area contributed by atoms with E-state index in [1.165, 1.54) is 5.56 Å². The zero-order valence-corrected chi connectivity index (χ0v) is 10.9. The predicted octanol–water partition coefficient (Wildman–Crippen LogP) is 1.61. The number of rotatable bonds is 1. The first kappa shape index (κ1) is 11.7. The summed E-state index contributed by atoms with van der Waals surface area (Å²) in [4.78, 5) is 14.4. The van der Waals surface area contributed by atoms with Crippen molar-refractivity contribution in [3.05, 3.63) is 35.9 Å². The van der Waals surface area contributed by atoms with E-state index in [1.807, 2.05) is 30.1 Å². The summed E-state index contributed by atoms with van der Waals surface area (Å²) in [6.07, 6.45) is 2.20. The molecule has 0 radical (unpaired) electrons. The zero-order chi connectivity index (χ0) is 12.6. The maximum absolute atomic E-state index is 12.5. The highest BCUT2D eigenvalue weighted by molar-refractivity contribution is 5.87. The van der Waals surface area contributed by atoms with E-state index >= 15 is 0 Å². The van der Waals surface area contributed by atoms with Crippen molar-refractivity contribution in [3.63, 3.8) is 0 Å². The van der Waals surface area contributed by atoms with E-state index in [0.717, 1.165) is 32.5 Å². The van der Waals surface area contributed by atoms with Crippen LogP contribution in [0.1, 0.15) is 24.3 Å². The predicted molar refractivity (Wildman–Crippen MR) is 71.4 cm³/mol. The van der Waals surface area contributed by atoms with Crippen molar-refractivity contribution in [2.24, 2.45) is 5.41 Å². The summed E-state index contributed by atoms with van der Waals surface area (Å²) in [7, 11) is 1.94. The van der Waals surface area contributed by atoms with Gasteiger partial charge >= 0.3 is 0 Å². The van der Waals surface area contributed by atoms with Crippen LogP contribution in [0.3, 0.4) is 0 Å². The van der Waals surface area contributed by atoms with Gasteiger partial charge < -0.3 is 10.2 Å². The summed E-state index contributed by atoms with van der Waals surface area (Å²) >= 11 is 0. The van der Waals surface area contributed by atoms with Crippen LogP contribution < -0.4 is 5.32 Å². The minimum absolute atomic E-state index is 0.0609. The highest BCUT2D eigenvalue weighted by Crippen LogP contribution is 2.48. The van der Waals surface area contributed by atoms with Crippen LogP contribution in [0.2, 0.25) is 0 Å². The average Bonchev–Trinajstić information content (AvgIpc) is 2.63. The molecule has 1 spiro atoms. The molecular weight excluding hydrogens is 224 g/mol.